The van der Waals surface area contributed by atoms with E-state index in [1.165, 1.54) is 12.8 Å². The average Bonchev–Trinajstić information content (AvgIpc) is 2.20. The van der Waals surface area contributed by atoms with E-state index in [0.29, 0.717) is 12.0 Å². The van der Waals surface area contributed by atoms with Gasteiger partial charge in [0.2, 0.25) is 5.91 Å². The summed E-state index contributed by atoms with van der Waals surface area (Å²) in [6.45, 7) is 6.43. The quantitative estimate of drug-likeness (QED) is 0.745. The third kappa shape index (κ3) is 3.49. The van der Waals surface area contributed by atoms with E-state index in [1.54, 1.807) is 0 Å². The van der Waals surface area contributed by atoms with E-state index < -0.39 is 0 Å². The first-order chi connectivity index (χ1) is 7.04. The zero-order valence-electron chi connectivity index (χ0n) is 10.3. The number of hydrogen-bond acceptors (Lipinski definition) is 2. The maximum absolute atomic E-state index is 11.7. The molecule has 0 radical (unpaired) electrons. The van der Waals surface area contributed by atoms with E-state index in [9.17, 15) is 4.79 Å². The zero-order valence-corrected chi connectivity index (χ0v) is 10.3. The molecule has 0 aliphatic heterocycles. The van der Waals surface area contributed by atoms with Crippen LogP contribution in [-0.4, -0.2) is 25.0 Å². The van der Waals surface area contributed by atoms with Crippen LogP contribution in [0.2, 0.25) is 0 Å². The first kappa shape index (κ1) is 12.5. The van der Waals surface area contributed by atoms with E-state index in [2.05, 4.69) is 24.5 Å². The second-order valence-electron chi connectivity index (χ2n) is 5.02. The van der Waals surface area contributed by atoms with Gasteiger partial charge in [0.25, 0.3) is 0 Å². The van der Waals surface area contributed by atoms with Crippen LogP contribution in [0.15, 0.2) is 0 Å². The Morgan fingerprint density at radius 1 is 1.33 bits per heavy atom. The molecule has 88 valence electrons. The van der Waals surface area contributed by atoms with Crippen LogP contribution in [-0.2, 0) is 4.79 Å². The summed E-state index contributed by atoms with van der Waals surface area (Å²) in [5, 5.41) is 6.10. The van der Waals surface area contributed by atoms with Crippen molar-refractivity contribution in [3.05, 3.63) is 0 Å². The van der Waals surface area contributed by atoms with Gasteiger partial charge >= 0.3 is 0 Å². The first-order valence-electron chi connectivity index (χ1n) is 6.02. The smallest absolute Gasteiger partial charge is 0.237 e. The fraction of sp³-hybridized carbons (Fsp3) is 0.917. The Bertz CT molecular complexity index is 218. The van der Waals surface area contributed by atoms with Gasteiger partial charge in [-0.2, -0.15) is 0 Å². The normalized spacial score (nSPS) is 33.5. The highest BCUT2D eigenvalue weighted by Crippen LogP contribution is 2.28. The summed E-state index contributed by atoms with van der Waals surface area (Å²) in [7, 11) is 1.82. The molecule has 15 heavy (non-hydrogen) atoms. The lowest BCUT2D eigenvalue weighted by molar-refractivity contribution is -0.124. The third-order valence-electron chi connectivity index (χ3n) is 3.59. The fourth-order valence-electron chi connectivity index (χ4n) is 2.32. The van der Waals surface area contributed by atoms with Crippen molar-refractivity contribution in [2.45, 2.75) is 52.1 Å². The minimum absolute atomic E-state index is 0.0865. The van der Waals surface area contributed by atoms with Gasteiger partial charge in [-0.1, -0.05) is 13.8 Å². The van der Waals surface area contributed by atoms with Crippen LogP contribution >= 0.6 is 0 Å². The van der Waals surface area contributed by atoms with Crippen LogP contribution < -0.4 is 10.6 Å². The van der Waals surface area contributed by atoms with Crippen LogP contribution in [0, 0.1) is 11.8 Å². The van der Waals surface area contributed by atoms with Gasteiger partial charge in [0.15, 0.2) is 0 Å². The molecule has 4 atom stereocenters. The van der Waals surface area contributed by atoms with Gasteiger partial charge in [-0.15, -0.1) is 0 Å². The molecule has 0 heterocycles. The number of rotatable bonds is 3. The molecule has 1 saturated carbocycles. The standard InChI is InChI=1S/C12H24N2O/c1-8-5-6-11(9(2)7-8)14-12(15)10(3)13-4/h8-11,13H,5-7H2,1-4H3,(H,14,15). The van der Waals surface area contributed by atoms with Crippen molar-refractivity contribution in [2.75, 3.05) is 7.05 Å². The molecule has 3 nitrogen and oxygen atoms in total. The summed E-state index contributed by atoms with van der Waals surface area (Å²) in [6.07, 6.45) is 3.60. The number of likely N-dealkylation sites (N-methyl/N-ethyl adjacent to an activating group) is 1. The number of carbonyl (C=O) groups is 1. The largest absolute Gasteiger partial charge is 0.352 e. The first-order valence-corrected chi connectivity index (χ1v) is 6.02. The molecule has 3 heteroatoms. The number of carbonyl (C=O) groups excluding carboxylic acids is 1. The van der Waals surface area contributed by atoms with Crippen molar-refractivity contribution in [3.63, 3.8) is 0 Å². The van der Waals surface area contributed by atoms with Crippen molar-refractivity contribution in [1.82, 2.24) is 10.6 Å². The van der Waals surface area contributed by atoms with Gasteiger partial charge < -0.3 is 10.6 Å². The number of amides is 1. The lowest BCUT2D eigenvalue weighted by atomic mass is 9.80. The molecule has 0 aromatic heterocycles. The van der Waals surface area contributed by atoms with Crippen LogP contribution in [0.5, 0.6) is 0 Å². The molecular formula is C12H24N2O. The second kappa shape index (κ2) is 5.50. The van der Waals surface area contributed by atoms with Crippen LogP contribution in [0.4, 0.5) is 0 Å². The summed E-state index contributed by atoms with van der Waals surface area (Å²) >= 11 is 0. The summed E-state index contributed by atoms with van der Waals surface area (Å²) in [6, 6.07) is 0.293. The Morgan fingerprint density at radius 3 is 2.53 bits per heavy atom. The van der Waals surface area contributed by atoms with Gasteiger partial charge in [-0.25, -0.2) is 0 Å². The average molecular weight is 212 g/mol. The SMILES string of the molecule is CNC(C)C(=O)NC1CCC(C)CC1C. The molecule has 0 aromatic rings. The summed E-state index contributed by atoms with van der Waals surface area (Å²) < 4.78 is 0. The second-order valence-corrected chi connectivity index (χ2v) is 5.02. The minimum atomic E-state index is -0.0865. The van der Waals surface area contributed by atoms with Crippen molar-refractivity contribution < 1.29 is 4.79 Å². The lowest BCUT2D eigenvalue weighted by Crippen LogP contribution is -2.48. The highest BCUT2D eigenvalue weighted by molar-refractivity contribution is 5.81. The van der Waals surface area contributed by atoms with Gasteiger partial charge in [-0.3, -0.25) is 4.79 Å². The predicted molar refractivity (Wildman–Crippen MR) is 62.6 cm³/mol. The van der Waals surface area contributed by atoms with Gasteiger partial charge in [0, 0.05) is 6.04 Å². The predicted octanol–water partition coefficient (Wildman–Crippen LogP) is 1.54. The maximum atomic E-state index is 11.7. The molecule has 0 aromatic carbocycles. The Morgan fingerprint density at radius 2 is 2.00 bits per heavy atom. The monoisotopic (exact) mass is 212 g/mol. The molecule has 4 unspecified atom stereocenters. The van der Waals surface area contributed by atoms with E-state index in [-0.39, 0.29) is 11.9 Å². The van der Waals surface area contributed by atoms with Crippen LogP contribution in [0.25, 0.3) is 0 Å². The van der Waals surface area contributed by atoms with E-state index in [1.807, 2.05) is 14.0 Å². The van der Waals surface area contributed by atoms with E-state index >= 15 is 0 Å². The molecule has 0 saturated heterocycles. The molecule has 1 rings (SSSR count). The molecular weight excluding hydrogens is 188 g/mol. The van der Waals surface area contributed by atoms with Crippen LogP contribution in [0.1, 0.15) is 40.0 Å². The summed E-state index contributed by atoms with van der Waals surface area (Å²) in [4.78, 5) is 11.7. The molecule has 1 fully saturated rings. The Balaban J connectivity index is 2.41. The molecule has 0 spiro atoms. The Hall–Kier alpha value is -0.570. The van der Waals surface area contributed by atoms with Crippen molar-refractivity contribution in [1.29, 1.82) is 0 Å². The lowest BCUT2D eigenvalue weighted by Gasteiger charge is -2.33. The van der Waals surface area contributed by atoms with Crippen molar-refractivity contribution >= 4 is 5.91 Å². The van der Waals surface area contributed by atoms with E-state index in [0.717, 1.165) is 12.3 Å². The zero-order chi connectivity index (χ0) is 11.4. The number of nitrogens with one attached hydrogen (secondary N) is 2. The fourth-order valence-corrected chi connectivity index (χ4v) is 2.32. The third-order valence-corrected chi connectivity index (χ3v) is 3.59. The molecule has 1 aliphatic carbocycles. The Labute approximate surface area is 93.0 Å². The van der Waals surface area contributed by atoms with Crippen molar-refractivity contribution in [2.24, 2.45) is 11.8 Å². The Kier molecular flexibility index (Phi) is 4.58. The molecule has 2 N–H and O–H groups in total. The molecule has 1 aliphatic rings. The van der Waals surface area contributed by atoms with Crippen LogP contribution in [0.3, 0.4) is 0 Å². The summed E-state index contributed by atoms with van der Waals surface area (Å²) in [5.41, 5.74) is 0. The molecule has 1 amide bonds. The molecule has 0 bridgehead atoms. The maximum Gasteiger partial charge on any atom is 0.237 e. The number of hydrogen-bond donors (Lipinski definition) is 2. The van der Waals surface area contributed by atoms with Gasteiger partial charge in [-0.05, 0) is 45.1 Å². The highest BCUT2D eigenvalue weighted by Gasteiger charge is 2.27. The minimum Gasteiger partial charge on any atom is -0.352 e. The van der Waals surface area contributed by atoms with Gasteiger partial charge in [0.05, 0.1) is 6.04 Å². The highest BCUT2D eigenvalue weighted by atomic mass is 16.2. The van der Waals surface area contributed by atoms with Crippen molar-refractivity contribution in [3.8, 4) is 0 Å². The van der Waals surface area contributed by atoms with Gasteiger partial charge in [0.1, 0.15) is 0 Å². The summed E-state index contributed by atoms with van der Waals surface area (Å²) in [5.74, 6) is 1.56. The topological polar surface area (TPSA) is 41.1 Å². The van der Waals surface area contributed by atoms with E-state index in [4.69, 9.17) is 0 Å².